The van der Waals surface area contributed by atoms with Gasteiger partial charge in [-0.05, 0) is 49.0 Å². The zero-order chi connectivity index (χ0) is 18.4. The fourth-order valence-corrected chi connectivity index (χ4v) is 3.24. The number of phenolic OH excluding ortho intramolecular Hbond substituents is 1. The highest BCUT2D eigenvalue weighted by Gasteiger charge is 2.11. The zero-order valence-electron chi connectivity index (χ0n) is 14.6. The van der Waals surface area contributed by atoms with Gasteiger partial charge in [-0.2, -0.15) is 5.10 Å². The van der Waals surface area contributed by atoms with Crippen molar-refractivity contribution in [2.24, 2.45) is 0 Å². The molecule has 0 radical (unpaired) electrons. The molecule has 0 aliphatic carbocycles. The van der Waals surface area contributed by atoms with Crippen molar-refractivity contribution < 1.29 is 9.90 Å². The van der Waals surface area contributed by atoms with E-state index in [0.29, 0.717) is 24.5 Å². The average Bonchev–Trinajstić information content (AvgIpc) is 3.30. The molecule has 0 saturated heterocycles. The minimum absolute atomic E-state index is 0.180. The first-order valence-corrected chi connectivity index (χ1v) is 9.38. The standard InChI is InChI=1S/C19H22N4O2S/c1-13-5-6-14(17(24)10-13)12-20-7-3-8-21-19(25)16-11-15(22-23-16)18-4-2-9-26-18/h2,4-6,9-11,20,24H,3,7-8,12H2,1H3,(H,21,25)(H,22,23). The molecular formula is C19H22N4O2S. The Bertz CT molecular complexity index is 858. The Hall–Kier alpha value is -2.64. The number of thiophene rings is 1. The number of aromatic hydroxyl groups is 1. The van der Waals surface area contributed by atoms with Crippen molar-refractivity contribution in [1.29, 1.82) is 0 Å². The Kier molecular flexibility index (Phi) is 6.04. The molecule has 0 saturated carbocycles. The van der Waals surface area contributed by atoms with E-state index in [4.69, 9.17) is 0 Å². The molecule has 4 N–H and O–H groups in total. The predicted molar refractivity (Wildman–Crippen MR) is 103 cm³/mol. The van der Waals surface area contributed by atoms with E-state index in [2.05, 4.69) is 20.8 Å². The summed E-state index contributed by atoms with van der Waals surface area (Å²) >= 11 is 1.60. The van der Waals surface area contributed by atoms with Gasteiger partial charge in [0.05, 0.1) is 10.6 Å². The normalized spacial score (nSPS) is 10.8. The summed E-state index contributed by atoms with van der Waals surface area (Å²) in [5, 5.41) is 24.9. The number of benzene rings is 1. The highest BCUT2D eigenvalue weighted by atomic mass is 32.1. The van der Waals surface area contributed by atoms with Crippen LogP contribution in [0, 0.1) is 6.92 Å². The van der Waals surface area contributed by atoms with E-state index < -0.39 is 0 Å². The molecule has 136 valence electrons. The SMILES string of the molecule is Cc1ccc(CNCCCNC(=O)c2cc(-c3cccs3)[nH]n2)c(O)c1. The minimum Gasteiger partial charge on any atom is -0.508 e. The lowest BCUT2D eigenvalue weighted by Crippen LogP contribution is -2.27. The first-order chi connectivity index (χ1) is 12.6. The maximum absolute atomic E-state index is 12.1. The van der Waals surface area contributed by atoms with Crippen LogP contribution in [-0.4, -0.2) is 34.3 Å². The van der Waals surface area contributed by atoms with Gasteiger partial charge in [0.15, 0.2) is 5.69 Å². The van der Waals surface area contributed by atoms with Crippen molar-refractivity contribution in [3.05, 3.63) is 58.6 Å². The highest BCUT2D eigenvalue weighted by molar-refractivity contribution is 7.13. The van der Waals surface area contributed by atoms with E-state index in [0.717, 1.165) is 34.7 Å². The summed E-state index contributed by atoms with van der Waals surface area (Å²) in [6.07, 6.45) is 0.792. The van der Waals surface area contributed by atoms with Crippen LogP contribution in [0.15, 0.2) is 41.8 Å². The molecule has 1 aromatic carbocycles. The Morgan fingerprint density at radius 3 is 2.92 bits per heavy atom. The van der Waals surface area contributed by atoms with Gasteiger partial charge in [0.25, 0.3) is 5.91 Å². The van der Waals surface area contributed by atoms with E-state index in [1.54, 1.807) is 23.5 Å². The molecule has 6 nitrogen and oxygen atoms in total. The number of phenols is 1. The van der Waals surface area contributed by atoms with E-state index in [-0.39, 0.29) is 5.91 Å². The lowest BCUT2D eigenvalue weighted by Gasteiger charge is -2.08. The van der Waals surface area contributed by atoms with Crippen molar-refractivity contribution in [2.75, 3.05) is 13.1 Å². The zero-order valence-corrected chi connectivity index (χ0v) is 15.4. The predicted octanol–water partition coefficient (Wildman–Crippen LogP) is 3.06. The van der Waals surface area contributed by atoms with Gasteiger partial charge in [-0.1, -0.05) is 18.2 Å². The Morgan fingerprint density at radius 2 is 2.15 bits per heavy atom. The number of aromatic amines is 1. The van der Waals surface area contributed by atoms with E-state index in [1.807, 2.05) is 36.6 Å². The molecule has 0 aliphatic rings. The maximum atomic E-state index is 12.1. The third-order valence-corrected chi connectivity index (χ3v) is 4.87. The maximum Gasteiger partial charge on any atom is 0.271 e. The van der Waals surface area contributed by atoms with Crippen molar-refractivity contribution in [1.82, 2.24) is 20.8 Å². The summed E-state index contributed by atoms with van der Waals surface area (Å²) in [6.45, 7) is 3.85. The molecule has 0 bridgehead atoms. The first kappa shape index (κ1) is 18.2. The lowest BCUT2D eigenvalue weighted by atomic mass is 10.1. The van der Waals surface area contributed by atoms with Crippen LogP contribution in [0.4, 0.5) is 0 Å². The van der Waals surface area contributed by atoms with Gasteiger partial charge in [0.2, 0.25) is 0 Å². The molecule has 3 aromatic rings. The summed E-state index contributed by atoms with van der Waals surface area (Å²) in [4.78, 5) is 13.2. The van der Waals surface area contributed by atoms with Crippen LogP contribution in [-0.2, 0) is 6.54 Å². The molecule has 7 heteroatoms. The monoisotopic (exact) mass is 370 g/mol. The topological polar surface area (TPSA) is 90.0 Å². The average molecular weight is 370 g/mol. The van der Waals surface area contributed by atoms with Crippen LogP contribution in [0.3, 0.4) is 0 Å². The van der Waals surface area contributed by atoms with E-state index in [1.165, 1.54) is 0 Å². The van der Waals surface area contributed by atoms with Crippen molar-refractivity contribution in [2.45, 2.75) is 19.9 Å². The molecule has 0 spiro atoms. The fourth-order valence-electron chi connectivity index (χ4n) is 2.55. The quantitative estimate of drug-likeness (QED) is 0.459. The second-order valence-electron chi connectivity index (χ2n) is 6.06. The number of rotatable bonds is 8. The van der Waals surface area contributed by atoms with Gasteiger partial charge < -0.3 is 15.7 Å². The molecule has 0 atom stereocenters. The number of hydrogen-bond acceptors (Lipinski definition) is 5. The number of hydrogen-bond donors (Lipinski definition) is 4. The largest absolute Gasteiger partial charge is 0.508 e. The summed E-state index contributed by atoms with van der Waals surface area (Å²) in [6, 6.07) is 11.4. The second-order valence-corrected chi connectivity index (χ2v) is 7.01. The molecule has 0 fully saturated rings. The molecule has 26 heavy (non-hydrogen) atoms. The molecule has 0 aliphatic heterocycles. The van der Waals surface area contributed by atoms with Crippen LogP contribution in [0.2, 0.25) is 0 Å². The highest BCUT2D eigenvalue weighted by Crippen LogP contribution is 2.22. The Labute approximate surface area is 156 Å². The van der Waals surface area contributed by atoms with E-state index in [9.17, 15) is 9.90 Å². The number of aryl methyl sites for hydroxylation is 1. The molecule has 1 amide bonds. The van der Waals surface area contributed by atoms with Crippen LogP contribution < -0.4 is 10.6 Å². The number of carbonyl (C=O) groups is 1. The molecular weight excluding hydrogens is 348 g/mol. The van der Waals surface area contributed by atoms with Gasteiger partial charge in [-0.3, -0.25) is 9.89 Å². The molecule has 3 rings (SSSR count). The summed E-state index contributed by atoms with van der Waals surface area (Å²) in [5.74, 6) is 0.131. The van der Waals surface area contributed by atoms with Crippen LogP contribution >= 0.6 is 11.3 Å². The van der Waals surface area contributed by atoms with Gasteiger partial charge in [0, 0.05) is 18.7 Å². The number of nitrogens with one attached hydrogen (secondary N) is 3. The Morgan fingerprint density at radius 1 is 1.27 bits per heavy atom. The fraction of sp³-hybridized carbons (Fsp3) is 0.263. The van der Waals surface area contributed by atoms with Gasteiger partial charge in [-0.15, -0.1) is 11.3 Å². The van der Waals surface area contributed by atoms with Crippen molar-refractivity contribution in [3.63, 3.8) is 0 Å². The van der Waals surface area contributed by atoms with Gasteiger partial charge in [-0.25, -0.2) is 0 Å². The number of aromatic nitrogens is 2. The third kappa shape index (κ3) is 4.71. The lowest BCUT2D eigenvalue weighted by molar-refractivity contribution is 0.0948. The summed E-state index contributed by atoms with van der Waals surface area (Å²) in [5.41, 5.74) is 3.16. The number of amides is 1. The third-order valence-electron chi connectivity index (χ3n) is 3.97. The van der Waals surface area contributed by atoms with Crippen LogP contribution in [0.1, 0.15) is 28.0 Å². The number of carbonyl (C=O) groups excluding carboxylic acids is 1. The van der Waals surface area contributed by atoms with Crippen molar-refractivity contribution in [3.8, 4) is 16.3 Å². The summed E-state index contributed by atoms with van der Waals surface area (Å²) in [7, 11) is 0. The molecule has 2 aromatic heterocycles. The molecule has 0 unspecified atom stereocenters. The summed E-state index contributed by atoms with van der Waals surface area (Å²) < 4.78 is 0. The Balaban J connectivity index is 1.36. The minimum atomic E-state index is -0.180. The van der Waals surface area contributed by atoms with Crippen LogP contribution in [0.25, 0.3) is 10.6 Å². The number of nitrogens with zero attached hydrogens (tertiary/aromatic N) is 1. The second kappa shape index (κ2) is 8.64. The van der Waals surface area contributed by atoms with E-state index >= 15 is 0 Å². The first-order valence-electron chi connectivity index (χ1n) is 8.50. The van der Waals surface area contributed by atoms with Gasteiger partial charge >= 0.3 is 0 Å². The van der Waals surface area contributed by atoms with Crippen LogP contribution in [0.5, 0.6) is 5.75 Å². The van der Waals surface area contributed by atoms with Gasteiger partial charge in [0.1, 0.15) is 5.75 Å². The van der Waals surface area contributed by atoms with Crippen molar-refractivity contribution >= 4 is 17.2 Å². The number of H-pyrrole nitrogens is 1. The smallest absolute Gasteiger partial charge is 0.271 e. The molecule has 2 heterocycles.